The van der Waals surface area contributed by atoms with Gasteiger partial charge in [0.25, 0.3) is 0 Å². The summed E-state index contributed by atoms with van der Waals surface area (Å²) in [4.78, 5) is 27.7. The van der Waals surface area contributed by atoms with E-state index in [1.54, 1.807) is 13.0 Å². The fraction of sp³-hybridized carbons (Fsp3) is 0.235. The molecular weight excluding hydrogens is 534 g/mol. The lowest BCUT2D eigenvalue weighted by molar-refractivity contribution is -0.157. The second kappa shape index (κ2) is 10.0. The van der Waals surface area contributed by atoms with Gasteiger partial charge in [0.15, 0.2) is 0 Å². The van der Waals surface area contributed by atoms with Crippen molar-refractivity contribution in [2.45, 2.75) is 31.3 Å². The highest BCUT2D eigenvalue weighted by Gasteiger charge is 2.54. The average molecular weight is 564 g/mol. The molecule has 8 heteroatoms. The third kappa shape index (κ3) is 3.90. The molecule has 1 N–H and O–H groups in total. The number of carbonyl (C=O) groups excluding carboxylic acids is 1. The van der Waals surface area contributed by atoms with Gasteiger partial charge in [-0.1, -0.05) is 67.6 Å². The summed E-state index contributed by atoms with van der Waals surface area (Å²) in [6.07, 6.45) is -0.851. The minimum absolute atomic E-state index is 0.112. The molecule has 212 valence electrons. The van der Waals surface area contributed by atoms with Gasteiger partial charge in [-0.3, -0.25) is 4.90 Å². The van der Waals surface area contributed by atoms with Crippen molar-refractivity contribution in [2.24, 2.45) is 5.92 Å². The van der Waals surface area contributed by atoms with E-state index in [1.165, 1.54) is 12.0 Å². The molecule has 1 spiro atoms. The zero-order chi connectivity index (χ0) is 29.0. The van der Waals surface area contributed by atoms with Gasteiger partial charge in [0, 0.05) is 12.3 Å². The Morgan fingerprint density at radius 1 is 0.905 bits per heavy atom. The van der Waals surface area contributed by atoms with Gasteiger partial charge >= 0.3 is 12.1 Å². The molecule has 4 aromatic rings. The van der Waals surface area contributed by atoms with Gasteiger partial charge in [0.05, 0.1) is 36.6 Å². The van der Waals surface area contributed by atoms with E-state index in [-0.39, 0.29) is 6.61 Å². The number of anilines is 1. The third-order valence-electron chi connectivity index (χ3n) is 8.54. The molecule has 2 heterocycles. The summed E-state index contributed by atoms with van der Waals surface area (Å²) in [6.45, 7) is 1.89. The van der Waals surface area contributed by atoms with Gasteiger partial charge < -0.3 is 24.1 Å². The molecule has 3 atom stereocenters. The second-order valence-corrected chi connectivity index (χ2v) is 10.8. The largest absolute Gasteiger partial charge is 0.480 e. The first-order valence-corrected chi connectivity index (χ1v) is 13.9. The first-order chi connectivity index (χ1) is 20.4. The van der Waals surface area contributed by atoms with Crippen LogP contribution in [0, 0.1) is 5.92 Å². The van der Waals surface area contributed by atoms with E-state index in [4.69, 9.17) is 18.9 Å². The first-order valence-electron chi connectivity index (χ1n) is 13.9. The van der Waals surface area contributed by atoms with Crippen LogP contribution in [0.25, 0.3) is 11.1 Å². The number of ether oxygens (including phenoxy) is 4. The van der Waals surface area contributed by atoms with Crippen LogP contribution < -0.4 is 9.64 Å². The molecule has 42 heavy (non-hydrogen) atoms. The molecule has 8 nitrogen and oxygen atoms in total. The summed E-state index contributed by atoms with van der Waals surface area (Å²) in [5.41, 5.74) is 5.97. The van der Waals surface area contributed by atoms with E-state index < -0.39 is 35.9 Å². The lowest BCUT2D eigenvalue weighted by Crippen LogP contribution is -2.52. The number of benzene rings is 4. The number of amides is 1. The number of hydrogen-bond donors (Lipinski definition) is 1. The standard InChI is InChI=1S/C34H29NO7/c1-20(30-19-40-34(42-30)25-13-5-7-16-28(25)41-29-17-8-6-14-26(29)34)31(32(36)37)35(33(38)39-2)27-15-9-12-23-22-11-4-3-10-21(22)18-24(23)27/h3-17,20,30-31H,18-19H2,1-2H3,(H,36,37)/t20-,30-,31-/m0/s1. The highest BCUT2D eigenvalue weighted by molar-refractivity contribution is 5.98. The lowest BCUT2D eigenvalue weighted by Gasteiger charge is -2.37. The van der Waals surface area contributed by atoms with Crippen LogP contribution in [0.2, 0.25) is 0 Å². The Labute approximate surface area is 243 Å². The molecule has 3 aliphatic rings. The molecule has 0 saturated carbocycles. The van der Waals surface area contributed by atoms with Gasteiger partial charge in [0.1, 0.15) is 17.5 Å². The van der Waals surface area contributed by atoms with Gasteiger partial charge in [0.2, 0.25) is 5.79 Å². The maximum atomic E-state index is 13.4. The van der Waals surface area contributed by atoms with Crippen molar-refractivity contribution in [1.82, 2.24) is 0 Å². The minimum Gasteiger partial charge on any atom is -0.480 e. The summed E-state index contributed by atoms with van der Waals surface area (Å²) in [7, 11) is 1.26. The van der Waals surface area contributed by atoms with Crippen LogP contribution in [-0.4, -0.2) is 43.0 Å². The van der Waals surface area contributed by atoms with Crippen LogP contribution in [-0.2, 0) is 31.2 Å². The van der Waals surface area contributed by atoms with E-state index in [1.807, 2.05) is 84.9 Å². The van der Waals surface area contributed by atoms with Gasteiger partial charge in [-0.15, -0.1) is 0 Å². The molecule has 2 aliphatic heterocycles. The van der Waals surface area contributed by atoms with Gasteiger partial charge in [-0.25, -0.2) is 9.59 Å². The van der Waals surface area contributed by atoms with E-state index >= 15 is 0 Å². The SMILES string of the molecule is COC(=O)N(c1cccc2c1Cc1ccccc1-2)[C@H](C(=O)O)[C@@H](C)[C@@H]1COC2(O1)c1ccccc1Oc1ccccc12. The lowest BCUT2D eigenvalue weighted by atomic mass is 9.92. The van der Waals surface area contributed by atoms with Crippen LogP contribution >= 0.6 is 0 Å². The Morgan fingerprint density at radius 2 is 1.55 bits per heavy atom. The fourth-order valence-corrected chi connectivity index (χ4v) is 6.54. The van der Waals surface area contributed by atoms with Crippen LogP contribution in [0.4, 0.5) is 10.5 Å². The number of carbonyl (C=O) groups is 2. The van der Waals surface area contributed by atoms with Crippen molar-refractivity contribution in [3.63, 3.8) is 0 Å². The zero-order valence-corrected chi connectivity index (χ0v) is 23.2. The maximum absolute atomic E-state index is 13.4. The number of carboxylic acids is 1. The Bertz CT molecular complexity index is 1670. The summed E-state index contributed by atoms with van der Waals surface area (Å²) < 4.78 is 24.5. The zero-order valence-electron chi connectivity index (χ0n) is 23.2. The normalized spacial score (nSPS) is 18.6. The molecule has 0 aromatic heterocycles. The Hall–Kier alpha value is -4.66. The molecule has 0 unspecified atom stereocenters. The average Bonchev–Trinajstić information content (AvgIpc) is 3.62. The van der Waals surface area contributed by atoms with Crippen molar-refractivity contribution in [2.75, 3.05) is 18.6 Å². The topological polar surface area (TPSA) is 94.5 Å². The van der Waals surface area contributed by atoms with Gasteiger partial charge in [-0.05, 0) is 52.6 Å². The minimum atomic E-state index is -1.30. The predicted molar refractivity (Wildman–Crippen MR) is 155 cm³/mol. The second-order valence-electron chi connectivity index (χ2n) is 10.8. The van der Waals surface area contributed by atoms with Crippen molar-refractivity contribution < 1.29 is 33.6 Å². The van der Waals surface area contributed by atoms with Crippen molar-refractivity contribution >= 4 is 17.7 Å². The molecule has 4 aromatic carbocycles. The number of carboxylic acid groups (broad SMARTS) is 1. The fourth-order valence-electron chi connectivity index (χ4n) is 6.54. The molecule has 7 rings (SSSR count). The monoisotopic (exact) mass is 563 g/mol. The van der Waals surface area contributed by atoms with Crippen LogP contribution in [0.5, 0.6) is 11.5 Å². The smallest absolute Gasteiger partial charge is 0.414 e. The maximum Gasteiger partial charge on any atom is 0.414 e. The third-order valence-corrected chi connectivity index (χ3v) is 8.54. The highest BCUT2D eigenvalue weighted by Crippen LogP contribution is 2.53. The Kier molecular flexibility index (Phi) is 6.26. The summed E-state index contributed by atoms with van der Waals surface area (Å²) in [5.74, 6) is -1.93. The summed E-state index contributed by atoms with van der Waals surface area (Å²) in [5, 5.41) is 10.7. The molecular formula is C34H29NO7. The number of para-hydroxylation sites is 2. The van der Waals surface area contributed by atoms with Crippen molar-refractivity contribution in [3.05, 3.63) is 113 Å². The number of aliphatic carboxylic acids is 1. The number of nitrogens with zero attached hydrogens (tertiary/aromatic N) is 1. The highest BCUT2D eigenvalue weighted by atomic mass is 16.7. The van der Waals surface area contributed by atoms with Crippen LogP contribution in [0.15, 0.2) is 91.0 Å². The van der Waals surface area contributed by atoms with E-state index in [0.29, 0.717) is 34.7 Å². The molecule has 1 aliphatic carbocycles. The number of methoxy groups -OCH3 is 1. The Balaban J connectivity index is 1.28. The molecule has 1 saturated heterocycles. The molecule has 0 bridgehead atoms. The molecule has 0 radical (unpaired) electrons. The van der Waals surface area contributed by atoms with Gasteiger partial charge in [-0.2, -0.15) is 0 Å². The van der Waals surface area contributed by atoms with E-state index in [2.05, 4.69) is 0 Å². The number of fused-ring (bicyclic) bond motifs is 7. The predicted octanol–water partition coefficient (Wildman–Crippen LogP) is 6.34. The summed E-state index contributed by atoms with van der Waals surface area (Å²) >= 11 is 0. The van der Waals surface area contributed by atoms with Crippen molar-refractivity contribution in [1.29, 1.82) is 0 Å². The van der Waals surface area contributed by atoms with Crippen LogP contribution in [0.3, 0.4) is 0 Å². The Morgan fingerprint density at radius 3 is 2.24 bits per heavy atom. The summed E-state index contributed by atoms with van der Waals surface area (Å²) in [6, 6.07) is 27.3. The number of hydrogen-bond acceptors (Lipinski definition) is 6. The quantitative estimate of drug-likeness (QED) is 0.267. The first kappa shape index (κ1) is 26.3. The van der Waals surface area contributed by atoms with Crippen molar-refractivity contribution in [3.8, 4) is 22.6 Å². The van der Waals surface area contributed by atoms with E-state index in [9.17, 15) is 14.7 Å². The molecule has 1 amide bonds. The van der Waals surface area contributed by atoms with E-state index in [0.717, 1.165) is 22.3 Å². The number of rotatable bonds is 5. The van der Waals surface area contributed by atoms with Crippen LogP contribution in [0.1, 0.15) is 29.2 Å². The molecule has 1 fully saturated rings.